The van der Waals surface area contributed by atoms with Gasteiger partial charge in [-0.25, -0.2) is 9.13 Å². The molecule has 4 rings (SSSR count). The minimum absolute atomic E-state index is 0.419. The van der Waals surface area contributed by atoms with Crippen LogP contribution in [0.2, 0.25) is 0 Å². The predicted octanol–water partition coefficient (Wildman–Crippen LogP) is 2.81. The van der Waals surface area contributed by atoms with Crippen LogP contribution in [0.15, 0.2) is 46.9 Å². The Hall–Kier alpha value is -2.84. The number of benzene rings is 2. The monoisotopic (exact) mass is 387 g/mol. The van der Waals surface area contributed by atoms with Gasteiger partial charge >= 0.3 is 5.82 Å². The van der Waals surface area contributed by atoms with Crippen LogP contribution in [0.25, 0.3) is 33.6 Å². The van der Waals surface area contributed by atoms with Gasteiger partial charge in [0.25, 0.3) is 10.1 Å². The SMILES string of the molecule is COc1ccc2cc(-c3n(C)c4cc(CS(=O)(=O)O)ccc4[n+]3C)oc2c1. The number of hydrogen-bond acceptors (Lipinski definition) is 4. The summed E-state index contributed by atoms with van der Waals surface area (Å²) >= 11 is 0. The average Bonchev–Trinajstić information content (AvgIpc) is 3.12. The lowest BCUT2D eigenvalue weighted by Gasteiger charge is -1.97. The second-order valence-corrected chi connectivity index (χ2v) is 7.96. The van der Waals surface area contributed by atoms with E-state index in [0.29, 0.717) is 11.3 Å². The number of aryl methyl sites for hydroxylation is 2. The van der Waals surface area contributed by atoms with Crippen LogP contribution < -0.4 is 9.30 Å². The standard InChI is InChI=1S/C19H18N2O5S/c1-20-15-7-4-12(11-27(22,23)24)8-16(15)21(2)19(20)18-9-13-5-6-14(25-3)10-17(13)26-18/h4-10H,11H2,1-3H3/p+1. The van der Waals surface area contributed by atoms with Crippen molar-refractivity contribution in [1.29, 1.82) is 0 Å². The fourth-order valence-corrected chi connectivity index (χ4v) is 4.05. The van der Waals surface area contributed by atoms with Gasteiger partial charge in [-0.2, -0.15) is 8.42 Å². The van der Waals surface area contributed by atoms with Crippen LogP contribution in [0.5, 0.6) is 5.75 Å². The van der Waals surface area contributed by atoms with Crippen LogP contribution in [-0.4, -0.2) is 24.6 Å². The summed E-state index contributed by atoms with van der Waals surface area (Å²) in [6, 6.07) is 12.9. The number of rotatable bonds is 4. The van der Waals surface area contributed by atoms with Crippen molar-refractivity contribution in [2.24, 2.45) is 14.1 Å². The van der Waals surface area contributed by atoms with E-state index in [2.05, 4.69) is 0 Å². The first-order chi connectivity index (χ1) is 12.8. The second kappa shape index (κ2) is 6.11. The molecule has 0 aliphatic carbocycles. The third kappa shape index (κ3) is 3.07. The lowest BCUT2D eigenvalue weighted by atomic mass is 10.2. The summed E-state index contributed by atoms with van der Waals surface area (Å²) in [5, 5.41) is 0.961. The Kier molecular flexibility index (Phi) is 3.97. The summed E-state index contributed by atoms with van der Waals surface area (Å²) < 4.78 is 46.7. The Morgan fingerprint density at radius 3 is 2.67 bits per heavy atom. The first kappa shape index (κ1) is 17.6. The van der Waals surface area contributed by atoms with Crippen LogP contribution in [0.4, 0.5) is 0 Å². The Labute approximate surface area is 156 Å². The molecule has 2 aromatic carbocycles. The molecule has 8 heteroatoms. The normalized spacial score (nSPS) is 12.1. The van der Waals surface area contributed by atoms with Crippen LogP contribution in [0, 0.1) is 0 Å². The third-order valence-electron chi connectivity index (χ3n) is 4.69. The van der Waals surface area contributed by atoms with Crippen molar-refractivity contribution in [3.05, 3.63) is 48.0 Å². The van der Waals surface area contributed by atoms with Gasteiger partial charge in [-0.1, -0.05) is 6.07 Å². The zero-order chi connectivity index (χ0) is 19.3. The smallest absolute Gasteiger partial charge is 0.325 e. The van der Waals surface area contributed by atoms with Crippen molar-refractivity contribution in [3.63, 3.8) is 0 Å². The molecule has 0 bridgehead atoms. The van der Waals surface area contributed by atoms with Gasteiger partial charge in [0.1, 0.15) is 17.1 Å². The van der Waals surface area contributed by atoms with E-state index in [1.807, 2.05) is 53.6 Å². The van der Waals surface area contributed by atoms with E-state index < -0.39 is 15.9 Å². The van der Waals surface area contributed by atoms with E-state index in [-0.39, 0.29) is 0 Å². The Bertz CT molecular complexity index is 1280. The molecular formula is C19H19N2O5S+. The largest absolute Gasteiger partial charge is 0.497 e. The van der Waals surface area contributed by atoms with Crippen LogP contribution in [-0.2, 0) is 30.0 Å². The summed E-state index contributed by atoms with van der Waals surface area (Å²) in [5.74, 6) is 1.83. The van der Waals surface area contributed by atoms with E-state index >= 15 is 0 Å². The van der Waals surface area contributed by atoms with Crippen LogP contribution in [0.1, 0.15) is 5.56 Å². The zero-order valence-electron chi connectivity index (χ0n) is 15.1. The maximum atomic E-state index is 11.2. The number of hydrogen-bond donors (Lipinski definition) is 1. The van der Waals surface area contributed by atoms with E-state index in [1.165, 1.54) is 0 Å². The molecule has 140 valence electrons. The molecule has 0 saturated heterocycles. The molecule has 7 nitrogen and oxygen atoms in total. The van der Waals surface area contributed by atoms with Gasteiger partial charge in [0.2, 0.25) is 5.76 Å². The highest BCUT2D eigenvalue weighted by Crippen LogP contribution is 2.30. The quantitative estimate of drug-likeness (QED) is 0.430. The second-order valence-electron chi connectivity index (χ2n) is 6.51. The van der Waals surface area contributed by atoms with Crippen LogP contribution in [0.3, 0.4) is 0 Å². The molecule has 2 heterocycles. The van der Waals surface area contributed by atoms with Gasteiger partial charge in [-0.05, 0) is 29.8 Å². The van der Waals surface area contributed by atoms with E-state index in [9.17, 15) is 8.42 Å². The fraction of sp³-hybridized carbons (Fsp3) is 0.211. The maximum Gasteiger partial charge on any atom is 0.325 e. The summed E-state index contributed by atoms with van der Waals surface area (Å²) in [4.78, 5) is 0. The molecule has 0 unspecified atom stereocenters. The fourth-order valence-electron chi connectivity index (χ4n) is 3.45. The van der Waals surface area contributed by atoms with E-state index in [1.54, 1.807) is 19.2 Å². The highest BCUT2D eigenvalue weighted by molar-refractivity contribution is 7.85. The molecule has 0 saturated carbocycles. The van der Waals surface area contributed by atoms with Crippen molar-refractivity contribution < 1.29 is 26.7 Å². The number of aromatic nitrogens is 2. The van der Waals surface area contributed by atoms with Crippen molar-refractivity contribution in [3.8, 4) is 17.3 Å². The molecule has 0 atom stereocenters. The number of imidazole rings is 1. The Balaban J connectivity index is 1.89. The minimum Gasteiger partial charge on any atom is -0.497 e. The molecular weight excluding hydrogens is 368 g/mol. The van der Waals surface area contributed by atoms with E-state index in [4.69, 9.17) is 13.7 Å². The zero-order valence-corrected chi connectivity index (χ0v) is 15.9. The molecule has 4 aromatic rings. The molecule has 0 radical (unpaired) electrons. The number of nitrogens with zero attached hydrogens (tertiary/aromatic N) is 2. The molecule has 0 aliphatic heterocycles. The number of ether oxygens (including phenoxy) is 1. The minimum atomic E-state index is -4.08. The average molecular weight is 387 g/mol. The van der Waals surface area contributed by atoms with Gasteiger partial charge in [-0.3, -0.25) is 4.55 Å². The molecule has 27 heavy (non-hydrogen) atoms. The van der Waals surface area contributed by atoms with Crippen molar-refractivity contribution in [2.45, 2.75) is 5.75 Å². The van der Waals surface area contributed by atoms with Crippen molar-refractivity contribution >= 4 is 32.1 Å². The van der Waals surface area contributed by atoms with Crippen molar-refractivity contribution in [2.75, 3.05) is 7.11 Å². The maximum absolute atomic E-state index is 11.2. The number of fused-ring (bicyclic) bond motifs is 2. The first-order valence-corrected chi connectivity index (χ1v) is 9.88. The Morgan fingerprint density at radius 2 is 1.96 bits per heavy atom. The lowest BCUT2D eigenvalue weighted by Crippen LogP contribution is -2.29. The van der Waals surface area contributed by atoms with Gasteiger partial charge in [0.05, 0.1) is 21.2 Å². The Morgan fingerprint density at radius 1 is 1.19 bits per heavy atom. The molecule has 0 aliphatic rings. The predicted molar refractivity (Wildman–Crippen MR) is 101 cm³/mol. The summed E-state index contributed by atoms with van der Waals surface area (Å²) in [7, 11) is 1.34. The molecule has 2 aromatic heterocycles. The summed E-state index contributed by atoms with van der Waals surface area (Å²) in [6.45, 7) is 0. The van der Waals surface area contributed by atoms with Gasteiger partial charge < -0.3 is 9.15 Å². The lowest BCUT2D eigenvalue weighted by molar-refractivity contribution is -0.634. The molecule has 0 amide bonds. The van der Waals surface area contributed by atoms with Crippen LogP contribution >= 0.6 is 0 Å². The highest BCUT2D eigenvalue weighted by Gasteiger charge is 2.25. The molecule has 0 spiro atoms. The molecule has 1 N–H and O–H groups in total. The van der Waals surface area contributed by atoms with Crippen molar-refractivity contribution in [1.82, 2.24) is 4.57 Å². The highest BCUT2D eigenvalue weighted by atomic mass is 32.2. The number of furan rings is 1. The van der Waals surface area contributed by atoms with Gasteiger partial charge in [0.15, 0.2) is 11.0 Å². The third-order valence-corrected chi connectivity index (χ3v) is 5.39. The first-order valence-electron chi connectivity index (χ1n) is 8.27. The summed E-state index contributed by atoms with van der Waals surface area (Å²) in [6.07, 6.45) is 0. The molecule has 0 fully saturated rings. The van der Waals surface area contributed by atoms with E-state index in [0.717, 1.165) is 33.6 Å². The topological polar surface area (TPSA) is 85.5 Å². The summed E-state index contributed by atoms with van der Waals surface area (Å²) in [5.41, 5.74) is 3.00. The van der Waals surface area contributed by atoms with Gasteiger partial charge in [0, 0.05) is 17.5 Å². The number of methoxy groups -OCH3 is 1. The van der Waals surface area contributed by atoms with Gasteiger partial charge in [-0.15, -0.1) is 0 Å².